The molecule has 1 aromatic heterocycles. The second-order valence-corrected chi connectivity index (χ2v) is 3.79. The van der Waals surface area contributed by atoms with E-state index >= 15 is 0 Å². The van der Waals surface area contributed by atoms with Crippen LogP contribution < -0.4 is 5.43 Å². The molecule has 16 heavy (non-hydrogen) atoms. The van der Waals surface area contributed by atoms with Gasteiger partial charge in [-0.25, -0.2) is 5.43 Å². The summed E-state index contributed by atoms with van der Waals surface area (Å²) in [5.74, 6) is 0.124. The minimum atomic E-state index is -0.222. The number of carbonyl (C=O) groups is 1. The van der Waals surface area contributed by atoms with Gasteiger partial charge < -0.3 is 0 Å². The predicted molar refractivity (Wildman–Crippen MR) is 64.3 cm³/mol. The highest BCUT2D eigenvalue weighted by molar-refractivity contribution is 5.95. The van der Waals surface area contributed by atoms with E-state index in [2.05, 4.69) is 29.4 Å². The van der Waals surface area contributed by atoms with Crippen LogP contribution in [0.4, 0.5) is 0 Å². The number of nitrogens with zero attached hydrogens (tertiary/aromatic N) is 2. The summed E-state index contributed by atoms with van der Waals surface area (Å²) >= 11 is 0. The first-order valence-electron chi connectivity index (χ1n) is 5.42. The lowest BCUT2D eigenvalue weighted by Crippen LogP contribution is -2.21. The molecule has 4 nitrogen and oxygen atoms in total. The van der Waals surface area contributed by atoms with Crippen molar-refractivity contribution in [3.05, 3.63) is 30.1 Å². The lowest BCUT2D eigenvalue weighted by Gasteiger charge is -2.07. The third-order valence-corrected chi connectivity index (χ3v) is 2.25. The maximum atomic E-state index is 11.6. The molecule has 0 bridgehead atoms. The van der Waals surface area contributed by atoms with E-state index in [1.165, 1.54) is 6.20 Å². The Morgan fingerprint density at radius 1 is 1.56 bits per heavy atom. The summed E-state index contributed by atoms with van der Waals surface area (Å²) in [5, 5.41) is 4.11. The molecule has 86 valence electrons. The molecule has 0 unspecified atom stereocenters. The van der Waals surface area contributed by atoms with E-state index in [0.717, 1.165) is 12.1 Å². The molecule has 1 heterocycles. The molecule has 0 atom stereocenters. The quantitative estimate of drug-likeness (QED) is 0.623. The van der Waals surface area contributed by atoms with Crippen LogP contribution in [0.25, 0.3) is 0 Å². The number of aromatic nitrogens is 1. The van der Waals surface area contributed by atoms with E-state index in [0.29, 0.717) is 11.5 Å². The maximum Gasteiger partial charge on any atom is 0.272 e. The molecule has 0 spiro atoms. The Balaban J connectivity index is 2.66. The van der Waals surface area contributed by atoms with E-state index in [9.17, 15) is 4.79 Å². The summed E-state index contributed by atoms with van der Waals surface area (Å²) in [6.07, 6.45) is 3.99. The molecular formula is C12H17N3O. The van der Waals surface area contributed by atoms with Crippen LogP contribution in [0, 0.1) is 5.92 Å². The van der Waals surface area contributed by atoms with Crippen molar-refractivity contribution < 1.29 is 4.79 Å². The summed E-state index contributed by atoms with van der Waals surface area (Å²) in [5.41, 5.74) is 4.04. The number of nitrogens with one attached hydrogen (secondary N) is 1. The lowest BCUT2D eigenvalue weighted by molar-refractivity contribution is 0.0954. The largest absolute Gasteiger partial charge is 0.272 e. The Hall–Kier alpha value is -1.71. The fourth-order valence-corrected chi connectivity index (χ4v) is 1.30. The van der Waals surface area contributed by atoms with Gasteiger partial charge in [-0.3, -0.25) is 9.78 Å². The number of hydrogen-bond acceptors (Lipinski definition) is 3. The Morgan fingerprint density at radius 3 is 2.81 bits per heavy atom. The second kappa shape index (κ2) is 6.00. The fourth-order valence-electron chi connectivity index (χ4n) is 1.30. The van der Waals surface area contributed by atoms with Gasteiger partial charge in [0.1, 0.15) is 0 Å². The monoisotopic (exact) mass is 219 g/mol. The molecule has 0 radical (unpaired) electrons. The molecule has 0 saturated heterocycles. The molecule has 4 heteroatoms. The second-order valence-electron chi connectivity index (χ2n) is 3.79. The van der Waals surface area contributed by atoms with Gasteiger partial charge in [0.15, 0.2) is 0 Å². The average Bonchev–Trinajstić information content (AvgIpc) is 2.30. The Kier molecular flexibility index (Phi) is 4.64. The van der Waals surface area contributed by atoms with Crippen LogP contribution in [0.1, 0.15) is 37.6 Å². The van der Waals surface area contributed by atoms with Gasteiger partial charge in [0.05, 0.1) is 5.56 Å². The van der Waals surface area contributed by atoms with Gasteiger partial charge in [-0.1, -0.05) is 20.8 Å². The lowest BCUT2D eigenvalue weighted by atomic mass is 10.1. The first kappa shape index (κ1) is 12.4. The molecule has 0 fully saturated rings. The zero-order chi connectivity index (χ0) is 12.0. The number of pyridine rings is 1. The van der Waals surface area contributed by atoms with Crippen LogP contribution >= 0.6 is 0 Å². The third kappa shape index (κ3) is 3.46. The Bertz CT molecular complexity index is 371. The highest BCUT2D eigenvalue weighted by atomic mass is 16.2. The molecule has 0 aliphatic carbocycles. The number of amides is 1. The van der Waals surface area contributed by atoms with Crippen molar-refractivity contribution in [3.8, 4) is 0 Å². The summed E-state index contributed by atoms with van der Waals surface area (Å²) in [4.78, 5) is 15.5. The van der Waals surface area contributed by atoms with E-state index < -0.39 is 0 Å². The Morgan fingerprint density at radius 2 is 2.31 bits per heavy atom. The van der Waals surface area contributed by atoms with E-state index in [1.807, 2.05) is 6.92 Å². The van der Waals surface area contributed by atoms with Gasteiger partial charge in [-0.15, -0.1) is 0 Å². The zero-order valence-electron chi connectivity index (χ0n) is 9.90. The third-order valence-electron chi connectivity index (χ3n) is 2.25. The summed E-state index contributed by atoms with van der Waals surface area (Å²) in [6, 6.07) is 3.43. The van der Waals surface area contributed by atoms with Crippen molar-refractivity contribution in [2.24, 2.45) is 11.0 Å². The van der Waals surface area contributed by atoms with Crippen LogP contribution in [-0.4, -0.2) is 16.6 Å². The highest BCUT2D eigenvalue weighted by Crippen LogP contribution is 2.01. The minimum absolute atomic E-state index is 0.222. The van der Waals surface area contributed by atoms with Gasteiger partial charge in [0, 0.05) is 18.1 Å². The summed E-state index contributed by atoms with van der Waals surface area (Å²) < 4.78 is 0. The van der Waals surface area contributed by atoms with E-state index in [1.54, 1.807) is 18.3 Å². The van der Waals surface area contributed by atoms with Crippen molar-refractivity contribution >= 4 is 11.6 Å². The van der Waals surface area contributed by atoms with Crippen molar-refractivity contribution in [3.63, 3.8) is 0 Å². The molecular weight excluding hydrogens is 202 g/mol. The van der Waals surface area contributed by atoms with Crippen LogP contribution in [0.2, 0.25) is 0 Å². The average molecular weight is 219 g/mol. The molecule has 1 amide bonds. The van der Waals surface area contributed by atoms with Gasteiger partial charge in [0.25, 0.3) is 5.91 Å². The first-order chi connectivity index (χ1) is 7.65. The molecule has 0 saturated carbocycles. The van der Waals surface area contributed by atoms with Gasteiger partial charge in [0.2, 0.25) is 0 Å². The van der Waals surface area contributed by atoms with Crippen LogP contribution in [0.3, 0.4) is 0 Å². The van der Waals surface area contributed by atoms with E-state index in [4.69, 9.17) is 0 Å². The highest BCUT2D eigenvalue weighted by Gasteiger charge is 2.06. The SMILES string of the molecule is CC/C(=N/NC(=O)c1cccnc1)C(C)C. The zero-order valence-corrected chi connectivity index (χ0v) is 9.90. The first-order valence-corrected chi connectivity index (χ1v) is 5.42. The number of rotatable bonds is 4. The van der Waals surface area contributed by atoms with Crippen molar-refractivity contribution in [1.29, 1.82) is 0 Å². The molecule has 0 aliphatic rings. The normalized spacial score (nSPS) is 11.6. The topological polar surface area (TPSA) is 54.4 Å². The fraction of sp³-hybridized carbons (Fsp3) is 0.417. The van der Waals surface area contributed by atoms with Crippen molar-refractivity contribution in [2.45, 2.75) is 27.2 Å². The van der Waals surface area contributed by atoms with E-state index in [-0.39, 0.29) is 5.91 Å². The van der Waals surface area contributed by atoms with Gasteiger partial charge in [-0.05, 0) is 24.5 Å². The maximum absolute atomic E-state index is 11.6. The van der Waals surface area contributed by atoms with Gasteiger partial charge >= 0.3 is 0 Å². The van der Waals surface area contributed by atoms with Gasteiger partial charge in [-0.2, -0.15) is 5.10 Å². The molecule has 1 rings (SSSR count). The summed E-state index contributed by atoms with van der Waals surface area (Å²) in [6.45, 7) is 6.13. The smallest absolute Gasteiger partial charge is 0.267 e. The minimum Gasteiger partial charge on any atom is -0.267 e. The number of hydrazone groups is 1. The molecule has 0 aliphatic heterocycles. The van der Waals surface area contributed by atoms with Crippen LogP contribution in [-0.2, 0) is 0 Å². The predicted octanol–water partition coefficient (Wildman–Crippen LogP) is 2.23. The standard InChI is InChI=1S/C12H17N3O/c1-4-11(9(2)3)14-15-12(16)10-6-5-7-13-8-10/h5-9H,4H2,1-3H3,(H,15,16)/b14-11-. The van der Waals surface area contributed by atoms with Crippen LogP contribution in [0.5, 0.6) is 0 Å². The van der Waals surface area contributed by atoms with Crippen LogP contribution in [0.15, 0.2) is 29.6 Å². The van der Waals surface area contributed by atoms with Crippen molar-refractivity contribution in [2.75, 3.05) is 0 Å². The summed E-state index contributed by atoms with van der Waals surface area (Å²) in [7, 11) is 0. The van der Waals surface area contributed by atoms with Crippen molar-refractivity contribution in [1.82, 2.24) is 10.4 Å². The molecule has 1 aromatic rings. The molecule has 1 N–H and O–H groups in total. The number of carbonyl (C=O) groups excluding carboxylic acids is 1. The molecule has 0 aromatic carbocycles. The number of hydrogen-bond donors (Lipinski definition) is 1. The Labute approximate surface area is 95.8 Å².